The van der Waals surface area contributed by atoms with E-state index in [0.717, 1.165) is 11.0 Å². The summed E-state index contributed by atoms with van der Waals surface area (Å²) in [6.45, 7) is 6.29. The van der Waals surface area contributed by atoms with Crippen LogP contribution in [0.5, 0.6) is 0 Å². The first-order chi connectivity index (χ1) is 8.54. The van der Waals surface area contributed by atoms with Crippen molar-refractivity contribution < 1.29 is 9.13 Å². The molecule has 0 amide bonds. The number of aromatic nitrogens is 2. The highest BCUT2D eigenvalue weighted by molar-refractivity contribution is 9.10. The lowest BCUT2D eigenvalue weighted by Gasteiger charge is -2.30. The quantitative estimate of drug-likeness (QED) is 0.925. The van der Waals surface area contributed by atoms with Gasteiger partial charge in [0.2, 0.25) is 0 Å². The zero-order valence-electron chi connectivity index (χ0n) is 10.7. The maximum atomic E-state index is 15.0. The summed E-state index contributed by atoms with van der Waals surface area (Å²) < 4.78 is 22.8. The van der Waals surface area contributed by atoms with Crippen molar-refractivity contribution in [1.82, 2.24) is 15.1 Å². The normalized spacial score (nSPS) is 23.9. The van der Waals surface area contributed by atoms with Gasteiger partial charge < -0.3 is 10.1 Å². The number of rotatable bonds is 4. The molecule has 18 heavy (non-hydrogen) atoms. The Labute approximate surface area is 115 Å². The van der Waals surface area contributed by atoms with Gasteiger partial charge in [0.05, 0.1) is 29.6 Å². The zero-order chi connectivity index (χ0) is 13.2. The van der Waals surface area contributed by atoms with Crippen LogP contribution in [0.25, 0.3) is 0 Å². The number of ether oxygens (including phenoxy) is 1. The van der Waals surface area contributed by atoms with Gasteiger partial charge in [0.25, 0.3) is 0 Å². The number of nitrogens with one attached hydrogen (secondary N) is 1. The van der Waals surface area contributed by atoms with E-state index < -0.39 is 5.67 Å². The summed E-state index contributed by atoms with van der Waals surface area (Å²) in [6, 6.07) is 0.0563. The first-order valence-electron chi connectivity index (χ1n) is 6.26. The number of morpholine rings is 1. The molecule has 102 valence electrons. The van der Waals surface area contributed by atoms with E-state index in [9.17, 15) is 4.39 Å². The van der Waals surface area contributed by atoms with Crippen LogP contribution in [-0.2, 0) is 17.0 Å². The van der Waals surface area contributed by atoms with E-state index >= 15 is 0 Å². The number of halogens is 2. The van der Waals surface area contributed by atoms with Crippen LogP contribution in [0.4, 0.5) is 4.39 Å². The highest BCUT2D eigenvalue weighted by Gasteiger charge is 2.35. The molecule has 2 atom stereocenters. The highest BCUT2D eigenvalue weighted by atomic mass is 79.9. The van der Waals surface area contributed by atoms with Gasteiger partial charge in [-0.1, -0.05) is 0 Å². The first kappa shape index (κ1) is 14.0. The minimum Gasteiger partial charge on any atom is -0.379 e. The van der Waals surface area contributed by atoms with Crippen molar-refractivity contribution in [2.45, 2.75) is 38.5 Å². The second-order valence-electron chi connectivity index (χ2n) is 4.78. The smallest absolute Gasteiger partial charge is 0.152 e. The van der Waals surface area contributed by atoms with Crippen molar-refractivity contribution in [3.8, 4) is 0 Å². The zero-order valence-corrected chi connectivity index (χ0v) is 12.3. The minimum atomic E-state index is -1.43. The Morgan fingerprint density at radius 3 is 3.11 bits per heavy atom. The topological polar surface area (TPSA) is 39.1 Å². The summed E-state index contributed by atoms with van der Waals surface area (Å²) in [7, 11) is 0. The predicted molar refractivity (Wildman–Crippen MR) is 71.3 cm³/mol. The average Bonchev–Trinajstić information content (AvgIpc) is 2.72. The molecule has 0 aromatic carbocycles. The van der Waals surface area contributed by atoms with Crippen molar-refractivity contribution in [3.63, 3.8) is 0 Å². The van der Waals surface area contributed by atoms with Crippen molar-refractivity contribution >= 4 is 15.9 Å². The first-order valence-corrected chi connectivity index (χ1v) is 7.05. The molecule has 1 aromatic rings. The van der Waals surface area contributed by atoms with Crippen molar-refractivity contribution in [3.05, 3.63) is 16.4 Å². The van der Waals surface area contributed by atoms with Crippen molar-refractivity contribution in [2.75, 3.05) is 19.8 Å². The molecule has 0 saturated carbocycles. The molecule has 1 aliphatic rings. The largest absolute Gasteiger partial charge is 0.379 e. The Bertz CT molecular complexity index is 402. The van der Waals surface area contributed by atoms with Crippen LogP contribution >= 0.6 is 15.9 Å². The molecule has 2 rings (SSSR count). The SMILES string of the molecule is CCn1ncc(Br)c1C(C)(F)CC1COCCN1. The Hall–Kier alpha value is -0.460. The van der Waals surface area contributed by atoms with Crippen LogP contribution in [0.3, 0.4) is 0 Å². The molecule has 1 fully saturated rings. The lowest BCUT2D eigenvalue weighted by molar-refractivity contribution is 0.0447. The van der Waals surface area contributed by atoms with Gasteiger partial charge in [-0.25, -0.2) is 4.39 Å². The summed E-state index contributed by atoms with van der Waals surface area (Å²) in [5.74, 6) is 0. The van der Waals surface area contributed by atoms with Crippen LogP contribution in [0, 0.1) is 0 Å². The molecule has 6 heteroatoms. The molecule has 1 aliphatic heterocycles. The van der Waals surface area contributed by atoms with Gasteiger partial charge in [-0.2, -0.15) is 5.10 Å². The van der Waals surface area contributed by atoms with Crippen LogP contribution in [0.15, 0.2) is 10.7 Å². The van der Waals surface area contributed by atoms with E-state index in [1.54, 1.807) is 17.8 Å². The van der Waals surface area contributed by atoms with Gasteiger partial charge in [0, 0.05) is 25.6 Å². The minimum absolute atomic E-state index is 0.0563. The van der Waals surface area contributed by atoms with E-state index in [2.05, 4.69) is 26.3 Å². The molecule has 4 nitrogen and oxygen atoms in total. The van der Waals surface area contributed by atoms with Gasteiger partial charge in [-0.05, 0) is 29.8 Å². The third-order valence-corrected chi connectivity index (χ3v) is 3.80. The number of aryl methyl sites for hydroxylation is 1. The van der Waals surface area contributed by atoms with Crippen LogP contribution < -0.4 is 5.32 Å². The molecule has 1 saturated heterocycles. The third kappa shape index (κ3) is 2.92. The summed E-state index contributed by atoms with van der Waals surface area (Å²) in [6.07, 6.45) is 2.04. The molecule has 2 unspecified atom stereocenters. The number of nitrogens with zero attached hydrogens (tertiary/aromatic N) is 2. The van der Waals surface area contributed by atoms with E-state index in [4.69, 9.17) is 4.74 Å². The molecule has 0 bridgehead atoms. The van der Waals surface area contributed by atoms with Crippen LogP contribution in [0.2, 0.25) is 0 Å². The van der Waals surface area contributed by atoms with Gasteiger partial charge in [-0.15, -0.1) is 0 Å². The Morgan fingerprint density at radius 2 is 2.50 bits per heavy atom. The number of hydrogen-bond acceptors (Lipinski definition) is 3. The number of hydrogen-bond donors (Lipinski definition) is 1. The molecular weight excluding hydrogens is 301 g/mol. The maximum Gasteiger partial charge on any atom is 0.152 e. The van der Waals surface area contributed by atoms with Gasteiger partial charge >= 0.3 is 0 Å². The third-order valence-electron chi connectivity index (χ3n) is 3.22. The Morgan fingerprint density at radius 1 is 1.72 bits per heavy atom. The average molecular weight is 320 g/mol. The summed E-state index contributed by atoms with van der Waals surface area (Å²) in [4.78, 5) is 0. The standard InChI is InChI=1S/C12H19BrFN3O/c1-3-17-11(10(13)7-16-17)12(2,14)6-9-8-18-5-4-15-9/h7,9,15H,3-6,8H2,1-2H3. The summed E-state index contributed by atoms with van der Waals surface area (Å²) >= 11 is 3.38. The second-order valence-corrected chi connectivity index (χ2v) is 5.64. The van der Waals surface area contributed by atoms with Gasteiger partial charge in [-0.3, -0.25) is 4.68 Å². The lowest BCUT2D eigenvalue weighted by atomic mass is 9.95. The highest BCUT2D eigenvalue weighted by Crippen LogP contribution is 2.35. The van der Waals surface area contributed by atoms with E-state index in [0.29, 0.717) is 31.9 Å². The van der Waals surface area contributed by atoms with E-state index in [-0.39, 0.29) is 6.04 Å². The fourth-order valence-corrected chi connectivity index (χ4v) is 3.14. The Kier molecular flexibility index (Phi) is 4.40. The maximum absolute atomic E-state index is 15.0. The van der Waals surface area contributed by atoms with Gasteiger partial charge in [0.1, 0.15) is 0 Å². The number of alkyl halides is 1. The van der Waals surface area contributed by atoms with Gasteiger partial charge in [0.15, 0.2) is 5.67 Å². The summed E-state index contributed by atoms with van der Waals surface area (Å²) in [5.41, 5.74) is -0.818. The van der Waals surface area contributed by atoms with Crippen molar-refractivity contribution in [2.24, 2.45) is 0 Å². The van der Waals surface area contributed by atoms with E-state index in [1.807, 2.05) is 6.92 Å². The summed E-state index contributed by atoms with van der Waals surface area (Å²) in [5, 5.41) is 7.46. The van der Waals surface area contributed by atoms with Crippen LogP contribution in [-0.4, -0.2) is 35.6 Å². The molecule has 0 radical (unpaired) electrons. The molecule has 1 N–H and O–H groups in total. The molecule has 1 aromatic heterocycles. The fourth-order valence-electron chi connectivity index (χ4n) is 2.43. The second kappa shape index (κ2) is 5.67. The molecule has 0 aliphatic carbocycles. The monoisotopic (exact) mass is 319 g/mol. The fraction of sp³-hybridized carbons (Fsp3) is 0.750. The lowest BCUT2D eigenvalue weighted by Crippen LogP contribution is -2.44. The molecule has 2 heterocycles. The predicted octanol–water partition coefficient (Wildman–Crippen LogP) is 2.23. The Balaban J connectivity index is 2.15. The van der Waals surface area contributed by atoms with Crippen molar-refractivity contribution in [1.29, 1.82) is 0 Å². The van der Waals surface area contributed by atoms with E-state index in [1.165, 1.54) is 0 Å². The van der Waals surface area contributed by atoms with Crippen LogP contribution in [0.1, 0.15) is 26.0 Å². The molecule has 0 spiro atoms. The molecular formula is C12H19BrFN3O.